The van der Waals surface area contributed by atoms with Gasteiger partial charge in [-0.2, -0.15) is 0 Å². The lowest BCUT2D eigenvalue weighted by molar-refractivity contribution is -0.133. The van der Waals surface area contributed by atoms with Gasteiger partial charge in [0, 0.05) is 36.4 Å². The van der Waals surface area contributed by atoms with Gasteiger partial charge in [0.25, 0.3) is 0 Å². The van der Waals surface area contributed by atoms with Crippen molar-refractivity contribution in [3.05, 3.63) is 18.1 Å². The van der Waals surface area contributed by atoms with Gasteiger partial charge in [-0.1, -0.05) is 13.3 Å². The topological polar surface area (TPSA) is 67.3 Å². The van der Waals surface area contributed by atoms with Gasteiger partial charge in [0.15, 0.2) is 0 Å². The van der Waals surface area contributed by atoms with Gasteiger partial charge in [0.1, 0.15) is 12.1 Å². The van der Waals surface area contributed by atoms with Crippen LogP contribution in [0.4, 0.5) is 5.82 Å². The fourth-order valence-electron chi connectivity index (χ4n) is 3.55. The van der Waals surface area contributed by atoms with Crippen LogP contribution in [0.2, 0.25) is 0 Å². The van der Waals surface area contributed by atoms with Crippen LogP contribution >= 0.6 is 0 Å². The highest BCUT2D eigenvalue weighted by atomic mass is 16.5. The summed E-state index contributed by atoms with van der Waals surface area (Å²) in [6, 6.07) is 2.35. The maximum absolute atomic E-state index is 10.2. The minimum absolute atomic E-state index is 0.0210. The van der Waals surface area contributed by atoms with Crippen LogP contribution in [-0.2, 0) is 11.2 Å². The molecule has 116 valence electrons. The van der Waals surface area contributed by atoms with E-state index in [9.17, 15) is 5.11 Å². The van der Waals surface area contributed by atoms with E-state index in [1.807, 2.05) is 6.07 Å². The number of unbranched alkanes of at least 4 members (excludes halogenated alkanes) is 1. The highest BCUT2D eigenvalue weighted by Crippen LogP contribution is 2.50. The number of ether oxygens (including phenoxy) is 1. The zero-order valence-electron chi connectivity index (χ0n) is 12.7. The number of aliphatic hydroxyl groups excluding tert-OH is 1. The number of nitrogens with zero attached hydrogens (tertiary/aromatic N) is 2. The lowest BCUT2D eigenvalue weighted by atomic mass is 9.58. The molecule has 1 aromatic heterocycles. The third-order valence-corrected chi connectivity index (χ3v) is 5.07. The molecule has 0 unspecified atom stereocenters. The Labute approximate surface area is 126 Å². The minimum Gasteiger partial charge on any atom is -0.392 e. The molecule has 2 fully saturated rings. The molecule has 5 nitrogen and oxygen atoms in total. The molecule has 1 spiro atoms. The molecule has 1 aliphatic heterocycles. The van der Waals surface area contributed by atoms with Crippen molar-refractivity contribution >= 4 is 5.82 Å². The van der Waals surface area contributed by atoms with E-state index in [0.29, 0.717) is 6.04 Å². The van der Waals surface area contributed by atoms with Gasteiger partial charge in [0.05, 0.1) is 6.10 Å². The first-order valence-corrected chi connectivity index (χ1v) is 8.08. The summed E-state index contributed by atoms with van der Waals surface area (Å²) < 4.78 is 5.45. The molecule has 1 aromatic rings. The van der Waals surface area contributed by atoms with Crippen molar-refractivity contribution < 1.29 is 9.84 Å². The third kappa shape index (κ3) is 2.90. The Kier molecular flexibility index (Phi) is 4.40. The predicted octanol–water partition coefficient (Wildman–Crippen LogP) is 2.16. The van der Waals surface area contributed by atoms with Crippen LogP contribution in [0.25, 0.3) is 0 Å². The van der Waals surface area contributed by atoms with E-state index in [4.69, 9.17) is 4.74 Å². The van der Waals surface area contributed by atoms with Gasteiger partial charge in [0.2, 0.25) is 0 Å². The van der Waals surface area contributed by atoms with Crippen LogP contribution in [0.3, 0.4) is 0 Å². The second kappa shape index (κ2) is 6.28. The molecule has 21 heavy (non-hydrogen) atoms. The van der Waals surface area contributed by atoms with Crippen molar-refractivity contribution in [1.82, 2.24) is 9.97 Å². The SMILES string of the molecule is CCCCc1cc(N[C@@H]2C[C@@H](O)C23CCOCC3)ncn1. The number of nitrogens with one attached hydrogen (secondary N) is 1. The lowest BCUT2D eigenvalue weighted by Crippen LogP contribution is -2.62. The van der Waals surface area contributed by atoms with Crippen LogP contribution in [0.15, 0.2) is 12.4 Å². The maximum Gasteiger partial charge on any atom is 0.129 e. The average Bonchev–Trinajstić information content (AvgIpc) is 2.54. The first kappa shape index (κ1) is 14.7. The van der Waals surface area contributed by atoms with Crippen LogP contribution in [-0.4, -0.2) is 40.4 Å². The molecule has 0 bridgehead atoms. The summed E-state index contributed by atoms with van der Waals surface area (Å²) in [5.41, 5.74) is 1.07. The molecule has 2 N–H and O–H groups in total. The maximum atomic E-state index is 10.2. The van der Waals surface area contributed by atoms with E-state index in [2.05, 4.69) is 22.2 Å². The average molecular weight is 291 g/mol. The number of anilines is 1. The van der Waals surface area contributed by atoms with Crippen LogP contribution in [0.1, 0.15) is 44.7 Å². The van der Waals surface area contributed by atoms with E-state index < -0.39 is 0 Å². The summed E-state index contributed by atoms with van der Waals surface area (Å²) >= 11 is 0. The molecular formula is C16H25N3O2. The molecule has 1 saturated carbocycles. The Morgan fingerprint density at radius 3 is 2.90 bits per heavy atom. The molecule has 1 saturated heterocycles. The Hall–Kier alpha value is -1.20. The molecule has 5 heteroatoms. The van der Waals surface area contributed by atoms with Gasteiger partial charge in [-0.3, -0.25) is 0 Å². The minimum atomic E-state index is -0.208. The predicted molar refractivity (Wildman–Crippen MR) is 81.2 cm³/mol. The first-order chi connectivity index (χ1) is 10.2. The van der Waals surface area contributed by atoms with Crippen LogP contribution in [0, 0.1) is 5.41 Å². The van der Waals surface area contributed by atoms with Crippen molar-refractivity contribution in [2.75, 3.05) is 18.5 Å². The smallest absolute Gasteiger partial charge is 0.129 e. The standard InChI is InChI=1S/C16H25N3O2/c1-2-3-4-12-9-15(18-11-17-12)19-13-10-14(20)16(13)5-7-21-8-6-16/h9,11,13-14,20H,2-8,10H2,1H3,(H,17,18,19)/t13-,14-/m1/s1. The highest BCUT2D eigenvalue weighted by molar-refractivity contribution is 5.38. The molecular weight excluding hydrogens is 266 g/mol. The summed E-state index contributed by atoms with van der Waals surface area (Å²) in [5.74, 6) is 0.888. The van der Waals surface area contributed by atoms with E-state index >= 15 is 0 Å². The van der Waals surface area contributed by atoms with Crippen molar-refractivity contribution in [1.29, 1.82) is 0 Å². The zero-order valence-corrected chi connectivity index (χ0v) is 12.7. The van der Waals surface area contributed by atoms with Gasteiger partial charge >= 0.3 is 0 Å². The largest absolute Gasteiger partial charge is 0.392 e. The number of aryl methyl sites for hydroxylation is 1. The van der Waals surface area contributed by atoms with Crippen LogP contribution in [0.5, 0.6) is 0 Å². The summed E-state index contributed by atoms with van der Waals surface area (Å²) in [6.45, 7) is 3.69. The third-order valence-electron chi connectivity index (χ3n) is 5.07. The van der Waals surface area contributed by atoms with Gasteiger partial charge in [-0.15, -0.1) is 0 Å². The first-order valence-electron chi connectivity index (χ1n) is 8.08. The number of rotatable bonds is 5. The molecule has 0 aromatic carbocycles. The Morgan fingerprint density at radius 2 is 2.19 bits per heavy atom. The van der Waals surface area contributed by atoms with E-state index in [1.165, 1.54) is 6.42 Å². The number of aromatic nitrogens is 2. The second-order valence-corrected chi connectivity index (χ2v) is 6.29. The van der Waals surface area contributed by atoms with Gasteiger partial charge in [-0.25, -0.2) is 9.97 Å². The van der Waals surface area contributed by atoms with E-state index in [1.54, 1.807) is 6.33 Å². The van der Waals surface area contributed by atoms with Gasteiger partial charge < -0.3 is 15.2 Å². The quantitative estimate of drug-likeness (QED) is 0.870. The van der Waals surface area contributed by atoms with E-state index in [-0.39, 0.29) is 11.5 Å². The van der Waals surface area contributed by atoms with Crippen molar-refractivity contribution in [2.45, 2.75) is 57.6 Å². The van der Waals surface area contributed by atoms with Crippen molar-refractivity contribution in [3.63, 3.8) is 0 Å². The molecule has 1 aliphatic carbocycles. The summed E-state index contributed by atoms with van der Waals surface area (Å²) in [7, 11) is 0. The molecule has 3 rings (SSSR count). The molecule has 2 atom stereocenters. The monoisotopic (exact) mass is 291 g/mol. The van der Waals surface area contributed by atoms with Crippen LogP contribution < -0.4 is 5.32 Å². The lowest BCUT2D eigenvalue weighted by Gasteiger charge is -2.55. The van der Waals surface area contributed by atoms with E-state index in [0.717, 1.165) is 56.8 Å². The Balaban J connectivity index is 1.66. The van der Waals surface area contributed by atoms with Gasteiger partial charge in [-0.05, 0) is 32.1 Å². The summed E-state index contributed by atoms with van der Waals surface area (Å²) in [5, 5.41) is 13.7. The summed E-state index contributed by atoms with van der Waals surface area (Å²) in [4.78, 5) is 8.66. The van der Waals surface area contributed by atoms with Crippen molar-refractivity contribution in [3.8, 4) is 0 Å². The Morgan fingerprint density at radius 1 is 1.38 bits per heavy atom. The molecule has 2 aliphatic rings. The fourth-order valence-corrected chi connectivity index (χ4v) is 3.55. The molecule has 2 heterocycles. The second-order valence-electron chi connectivity index (χ2n) is 6.29. The summed E-state index contributed by atoms with van der Waals surface area (Å²) in [6.07, 6.45) is 7.41. The molecule has 0 radical (unpaired) electrons. The number of hydrogen-bond acceptors (Lipinski definition) is 5. The van der Waals surface area contributed by atoms with Crippen molar-refractivity contribution in [2.24, 2.45) is 5.41 Å². The Bertz CT molecular complexity index is 474. The number of aliphatic hydroxyl groups is 1. The number of hydrogen-bond donors (Lipinski definition) is 2. The highest BCUT2D eigenvalue weighted by Gasteiger charge is 2.54. The normalized spacial score (nSPS) is 27.3. The zero-order chi connectivity index (χ0) is 14.7. The molecule has 0 amide bonds. The fraction of sp³-hybridized carbons (Fsp3) is 0.750.